The van der Waals surface area contributed by atoms with Crippen LogP contribution in [0, 0.1) is 0 Å². The second kappa shape index (κ2) is 7.12. The van der Waals surface area contributed by atoms with Gasteiger partial charge in [-0.2, -0.15) is 0 Å². The molecule has 0 aliphatic rings. The molecule has 0 unspecified atom stereocenters. The second-order valence-corrected chi connectivity index (χ2v) is 5.92. The predicted molar refractivity (Wildman–Crippen MR) is 76.9 cm³/mol. The van der Waals surface area contributed by atoms with E-state index in [1.165, 1.54) is 28.4 Å². The minimum absolute atomic E-state index is 0.531. The molecule has 0 amide bonds. The number of hydrogen-bond donors (Lipinski definition) is 1. The molecule has 1 aromatic heterocycles. The van der Waals surface area contributed by atoms with Crippen molar-refractivity contribution in [3.8, 4) is 0 Å². The Kier molecular flexibility index (Phi) is 6.14. The third-order valence-corrected chi connectivity index (χ3v) is 4.40. The van der Waals surface area contributed by atoms with Gasteiger partial charge in [-0.3, -0.25) is 0 Å². The van der Waals surface area contributed by atoms with Gasteiger partial charge < -0.3 is 5.32 Å². The van der Waals surface area contributed by atoms with Crippen LogP contribution in [0.25, 0.3) is 0 Å². The maximum atomic E-state index is 4.88. The number of rotatable bonds is 7. The Morgan fingerprint density at radius 3 is 2.29 bits per heavy atom. The lowest BCUT2D eigenvalue weighted by Crippen LogP contribution is -2.12. The van der Waals surface area contributed by atoms with E-state index in [2.05, 4.69) is 39.9 Å². The van der Waals surface area contributed by atoms with Gasteiger partial charge in [0, 0.05) is 17.3 Å². The van der Waals surface area contributed by atoms with Gasteiger partial charge in [0.15, 0.2) is 0 Å². The molecule has 0 bridgehead atoms. The fourth-order valence-electron chi connectivity index (χ4n) is 2.01. The molecule has 3 heteroatoms. The summed E-state index contributed by atoms with van der Waals surface area (Å²) in [5, 5.41) is 4.76. The highest BCUT2D eigenvalue weighted by molar-refractivity contribution is 7.11. The first kappa shape index (κ1) is 14.7. The maximum Gasteiger partial charge on any atom is 0.0962 e. The van der Waals surface area contributed by atoms with Crippen LogP contribution >= 0.6 is 11.3 Å². The quantitative estimate of drug-likeness (QED) is 0.785. The summed E-state index contributed by atoms with van der Waals surface area (Å²) in [7, 11) is 0. The summed E-state index contributed by atoms with van der Waals surface area (Å²) in [5.74, 6) is 1.18. The Labute approximate surface area is 110 Å². The fourth-order valence-corrected chi connectivity index (χ4v) is 3.47. The number of nitrogens with one attached hydrogen (secondary N) is 1. The summed E-state index contributed by atoms with van der Waals surface area (Å²) >= 11 is 1.91. The zero-order valence-electron chi connectivity index (χ0n) is 11.8. The van der Waals surface area contributed by atoms with Crippen LogP contribution in [0.5, 0.6) is 0 Å². The first-order chi connectivity index (χ1) is 8.13. The molecule has 0 aliphatic heterocycles. The van der Waals surface area contributed by atoms with Gasteiger partial charge in [-0.05, 0) is 25.3 Å². The Bertz CT molecular complexity index is 327. The topological polar surface area (TPSA) is 24.9 Å². The van der Waals surface area contributed by atoms with Crippen LogP contribution in [0.1, 0.15) is 74.9 Å². The third kappa shape index (κ3) is 3.78. The molecule has 0 fully saturated rings. The van der Waals surface area contributed by atoms with E-state index in [9.17, 15) is 0 Å². The van der Waals surface area contributed by atoms with Crippen molar-refractivity contribution in [3.05, 3.63) is 15.6 Å². The first-order valence-electron chi connectivity index (χ1n) is 6.84. The highest BCUT2D eigenvalue weighted by Gasteiger charge is 2.18. The van der Waals surface area contributed by atoms with E-state index in [0.717, 1.165) is 13.1 Å². The highest BCUT2D eigenvalue weighted by atomic mass is 32.1. The lowest BCUT2D eigenvalue weighted by Gasteiger charge is -2.07. The van der Waals surface area contributed by atoms with Gasteiger partial charge in [-0.25, -0.2) is 4.98 Å². The van der Waals surface area contributed by atoms with E-state index in [4.69, 9.17) is 4.98 Å². The molecule has 0 spiro atoms. The van der Waals surface area contributed by atoms with Crippen LogP contribution in [0.15, 0.2) is 0 Å². The Hall–Kier alpha value is -0.410. The van der Waals surface area contributed by atoms with Crippen molar-refractivity contribution >= 4 is 11.3 Å². The standard InChI is InChI=1S/C14H26N2S/c1-6-11(7-2)14-16-13(10(4)5)12(17-14)9-15-8-3/h10-11,15H,6-9H2,1-5H3. The van der Waals surface area contributed by atoms with E-state index < -0.39 is 0 Å². The molecule has 1 aromatic rings. The van der Waals surface area contributed by atoms with Crippen molar-refractivity contribution in [1.29, 1.82) is 0 Å². The zero-order valence-corrected chi connectivity index (χ0v) is 12.7. The summed E-state index contributed by atoms with van der Waals surface area (Å²) in [5.41, 5.74) is 1.30. The van der Waals surface area contributed by atoms with E-state index in [1.54, 1.807) is 0 Å². The summed E-state index contributed by atoms with van der Waals surface area (Å²) in [6.07, 6.45) is 2.39. The van der Waals surface area contributed by atoms with Crippen LogP contribution in [-0.2, 0) is 6.54 Å². The van der Waals surface area contributed by atoms with Gasteiger partial charge in [0.25, 0.3) is 0 Å². The van der Waals surface area contributed by atoms with Crippen LogP contribution in [-0.4, -0.2) is 11.5 Å². The average molecular weight is 254 g/mol. The van der Waals surface area contributed by atoms with Crippen molar-refractivity contribution in [3.63, 3.8) is 0 Å². The molecule has 1 rings (SSSR count). The molecule has 0 aliphatic carbocycles. The molecule has 0 saturated carbocycles. The van der Waals surface area contributed by atoms with Crippen molar-refractivity contribution in [2.24, 2.45) is 0 Å². The summed E-state index contributed by atoms with van der Waals surface area (Å²) < 4.78 is 0. The zero-order chi connectivity index (χ0) is 12.8. The SMILES string of the molecule is CCNCc1sc(C(CC)CC)nc1C(C)C. The van der Waals surface area contributed by atoms with Gasteiger partial charge in [-0.15, -0.1) is 11.3 Å². The molecule has 1 heterocycles. The Morgan fingerprint density at radius 2 is 1.82 bits per heavy atom. The maximum absolute atomic E-state index is 4.88. The summed E-state index contributed by atoms with van der Waals surface area (Å²) in [6.45, 7) is 13.1. The van der Waals surface area contributed by atoms with Crippen LogP contribution in [0.2, 0.25) is 0 Å². The van der Waals surface area contributed by atoms with Crippen molar-refractivity contribution in [2.45, 2.75) is 65.8 Å². The minimum atomic E-state index is 0.531. The summed E-state index contributed by atoms with van der Waals surface area (Å²) in [6, 6.07) is 0. The summed E-state index contributed by atoms with van der Waals surface area (Å²) in [4.78, 5) is 6.32. The van der Waals surface area contributed by atoms with Crippen molar-refractivity contribution < 1.29 is 0 Å². The molecule has 0 saturated heterocycles. The monoisotopic (exact) mass is 254 g/mol. The number of aromatic nitrogens is 1. The van der Waals surface area contributed by atoms with E-state index >= 15 is 0 Å². The lowest BCUT2D eigenvalue weighted by atomic mass is 10.0. The molecule has 0 radical (unpaired) electrons. The Balaban J connectivity index is 2.94. The number of thiazole rings is 1. The Morgan fingerprint density at radius 1 is 1.18 bits per heavy atom. The van der Waals surface area contributed by atoms with Crippen LogP contribution in [0.4, 0.5) is 0 Å². The van der Waals surface area contributed by atoms with E-state index in [0.29, 0.717) is 11.8 Å². The van der Waals surface area contributed by atoms with Gasteiger partial charge >= 0.3 is 0 Å². The first-order valence-corrected chi connectivity index (χ1v) is 7.65. The molecule has 1 N–H and O–H groups in total. The fraction of sp³-hybridized carbons (Fsp3) is 0.786. The minimum Gasteiger partial charge on any atom is -0.312 e. The third-order valence-electron chi connectivity index (χ3n) is 3.16. The molecule has 0 atom stereocenters. The van der Waals surface area contributed by atoms with E-state index in [1.807, 2.05) is 11.3 Å². The second-order valence-electron chi connectivity index (χ2n) is 4.81. The normalized spacial score (nSPS) is 11.7. The molecular weight excluding hydrogens is 228 g/mol. The molecule has 17 heavy (non-hydrogen) atoms. The van der Waals surface area contributed by atoms with Crippen LogP contribution < -0.4 is 5.32 Å². The van der Waals surface area contributed by atoms with Gasteiger partial charge in [0.1, 0.15) is 0 Å². The van der Waals surface area contributed by atoms with Gasteiger partial charge in [0.05, 0.1) is 10.7 Å². The molecule has 0 aromatic carbocycles. The molecule has 98 valence electrons. The predicted octanol–water partition coefficient (Wildman–Crippen LogP) is 4.28. The van der Waals surface area contributed by atoms with Gasteiger partial charge in [0.2, 0.25) is 0 Å². The number of hydrogen-bond acceptors (Lipinski definition) is 3. The molecular formula is C14H26N2S. The van der Waals surface area contributed by atoms with Gasteiger partial charge in [-0.1, -0.05) is 34.6 Å². The van der Waals surface area contributed by atoms with E-state index in [-0.39, 0.29) is 0 Å². The highest BCUT2D eigenvalue weighted by Crippen LogP contribution is 2.32. The lowest BCUT2D eigenvalue weighted by molar-refractivity contribution is 0.631. The number of nitrogens with zero attached hydrogens (tertiary/aromatic N) is 1. The molecule has 2 nitrogen and oxygen atoms in total. The van der Waals surface area contributed by atoms with Crippen molar-refractivity contribution in [1.82, 2.24) is 10.3 Å². The largest absolute Gasteiger partial charge is 0.312 e. The van der Waals surface area contributed by atoms with Crippen molar-refractivity contribution in [2.75, 3.05) is 6.54 Å². The van der Waals surface area contributed by atoms with Crippen LogP contribution in [0.3, 0.4) is 0 Å². The smallest absolute Gasteiger partial charge is 0.0962 e. The average Bonchev–Trinajstić information content (AvgIpc) is 2.72.